The maximum absolute atomic E-state index is 11.9. The minimum Gasteiger partial charge on any atom is -0.481 e. The van der Waals surface area contributed by atoms with Crippen molar-refractivity contribution in [3.05, 3.63) is 0 Å². The maximum atomic E-state index is 11.9. The number of urea groups is 1. The average molecular weight is 284 g/mol. The van der Waals surface area contributed by atoms with Gasteiger partial charge in [-0.25, -0.2) is 4.79 Å². The third-order valence-corrected chi connectivity index (χ3v) is 4.16. The van der Waals surface area contributed by atoms with Crippen LogP contribution in [0, 0.1) is 11.3 Å². The molecule has 5 nitrogen and oxygen atoms in total. The van der Waals surface area contributed by atoms with E-state index in [1.54, 1.807) is 11.8 Å². The summed E-state index contributed by atoms with van der Waals surface area (Å²) in [4.78, 5) is 24.8. The molecule has 0 unspecified atom stereocenters. The van der Waals surface area contributed by atoms with Gasteiger partial charge in [0.05, 0.1) is 5.41 Å². The van der Waals surface area contributed by atoms with Gasteiger partial charge in [-0.2, -0.15) is 0 Å². The third kappa shape index (κ3) is 5.02. The predicted molar refractivity (Wildman–Crippen MR) is 78.6 cm³/mol. The average Bonchev–Trinajstić information content (AvgIpc) is 2.38. The van der Waals surface area contributed by atoms with Gasteiger partial charge in [0.2, 0.25) is 0 Å². The monoisotopic (exact) mass is 284 g/mol. The number of carbonyl (C=O) groups is 2. The lowest BCUT2D eigenvalue weighted by Gasteiger charge is -2.36. The van der Waals surface area contributed by atoms with Gasteiger partial charge in [0.25, 0.3) is 0 Å². The summed E-state index contributed by atoms with van der Waals surface area (Å²) in [6, 6.07) is -0.0537. The number of carboxylic acid groups (broad SMARTS) is 1. The first kappa shape index (κ1) is 16.8. The molecule has 2 N–H and O–H groups in total. The van der Waals surface area contributed by atoms with E-state index in [2.05, 4.69) is 19.2 Å². The molecular weight excluding hydrogens is 256 g/mol. The zero-order valence-corrected chi connectivity index (χ0v) is 12.9. The number of piperidine rings is 1. The fraction of sp³-hybridized carbons (Fsp3) is 0.867. The number of aliphatic carboxylic acids is 1. The van der Waals surface area contributed by atoms with Crippen molar-refractivity contribution in [3.63, 3.8) is 0 Å². The Hall–Kier alpha value is -1.26. The number of carboxylic acids is 1. The summed E-state index contributed by atoms with van der Waals surface area (Å²) in [6.07, 6.45) is 4.39. The highest BCUT2D eigenvalue weighted by Crippen LogP contribution is 2.30. The van der Waals surface area contributed by atoms with E-state index in [0.29, 0.717) is 38.4 Å². The van der Waals surface area contributed by atoms with Crippen LogP contribution in [-0.4, -0.2) is 41.6 Å². The Labute approximate surface area is 121 Å². The molecular formula is C15H28N2O3. The van der Waals surface area contributed by atoms with Crippen molar-refractivity contribution in [2.45, 2.75) is 52.9 Å². The molecule has 1 aliphatic rings. The normalized spacial score (nSPS) is 18.1. The summed E-state index contributed by atoms with van der Waals surface area (Å²) in [5.41, 5.74) is -0.673. The fourth-order valence-corrected chi connectivity index (χ4v) is 2.40. The highest BCUT2D eigenvalue weighted by Gasteiger charge is 2.37. The molecule has 0 radical (unpaired) electrons. The van der Waals surface area contributed by atoms with Crippen LogP contribution in [0.25, 0.3) is 0 Å². The second kappa shape index (κ2) is 7.50. The SMILES string of the molecule is CC(C)CCCCNC(=O)N1CCC(C)(C(=O)O)CC1. The Morgan fingerprint density at radius 1 is 1.25 bits per heavy atom. The number of nitrogens with one attached hydrogen (secondary N) is 1. The van der Waals surface area contributed by atoms with E-state index in [1.807, 2.05) is 0 Å². The molecule has 0 bridgehead atoms. The highest BCUT2D eigenvalue weighted by atomic mass is 16.4. The summed E-state index contributed by atoms with van der Waals surface area (Å²) in [5, 5.41) is 12.1. The van der Waals surface area contributed by atoms with E-state index in [4.69, 9.17) is 5.11 Å². The molecule has 0 atom stereocenters. The number of hydrogen-bond donors (Lipinski definition) is 2. The molecule has 0 saturated carbocycles. The van der Waals surface area contributed by atoms with Gasteiger partial charge in [-0.05, 0) is 32.1 Å². The fourth-order valence-electron chi connectivity index (χ4n) is 2.40. The van der Waals surface area contributed by atoms with Gasteiger partial charge >= 0.3 is 12.0 Å². The van der Waals surface area contributed by atoms with E-state index < -0.39 is 11.4 Å². The first-order valence-corrected chi connectivity index (χ1v) is 7.61. The van der Waals surface area contributed by atoms with Crippen molar-refractivity contribution in [3.8, 4) is 0 Å². The molecule has 1 rings (SSSR count). The Kier molecular flexibility index (Phi) is 6.30. The number of nitrogens with zero attached hydrogens (tertiary/aromatic N) is 1. The predicted octanol–water partition coefficient (Wildman–Crippen LogP) is 2.71. The van der Waals surface area contributed by atoms with Crippen molar-refractivity contribution in [1.82, 2.24) is 10.2 Å². The Morgan fingerprint density at radius 2 is 1.85 bits per heavy atom. The molecule has 0 spiro atoms. The summed E-state index contributed by atoms with van der Waals surface area (Å²) < 4.78 is 0. The molecule has 1 fully saturated rings. The van der Waals surface area contributed by atoms with Crippen LogP contribution in [0.4, 0.5) is 4.79 Å². The number of amides is 2. The number of likely N-dealkylation sites (tertiary alicyclic amines) is 1. The molecule has 0 aromatic carbocycles. The van der Waals surface area contributed by atoms with Crippen molar-refractivity contribution in [2.75, 3.05) is 19.6 Å². The molecule has 0 aromatic rings. The Balaban J connectivity index is 2.21. The molecule has 1 aliphatic heterocycles. The summed E-state index contributed by atoms with van der Waals surface area (Å²) in [6.45, 7) is 7.92. The Bertz CT molecular complexity index is 334. The molecule has 1 saturated heterocycles. The van der Waals surface area contributed by atoms with Crippen LogP contribution in [0.5, 0.6) is 0 Å². The quantitative estimate of drug-likeness (QED) is 0.737. The maximum Gasteiger partial charge on any atom is 0.317 e. The highest BCUT2D eigenvalue weighted by molar-refractivity contribution is 5.76. The minimum atomic E-state index is -0.758. The van der Waals surface area contributed by atoms with Crippen molar-refractivity contribution < 1.29 is 14.7 Å². The lowest BCUT2D eigenvalue weighted by atomic mass is 9.80. The van der Waals surface area contributed by atoms with Crippen molar-refractivity contribution >= 4 is 12.0 Å². The van der Waals surface area contributed by atoms with Gasteiger partial charge in [0.15, 0.2) is 0 Å². The molecule has 20 heavy (non-hydrogen) atoms. The van der Waals surface area contributed by atoms with Crippen LogP contribution in [-0.2, 0) is 4.79 Å². The van der Waals surface area contributed by atoms with E-state index in [-0.39, 0.29) is 6.03 Å². The van der Waals surface area contributed by atoms with Gasteiger partial charge in [0.1, 0.15) is 0 Å². The van der Waals surface area contributed by atoms with Crippen LogP contribution < -0.4 is 5.32 Å². The zero-order valence-electron chi connectivity index (χ0n) is 12.9. The number of rotatable bonds is 6. The summed E-state index contributed by atoms with van der Waals surface area (Å²) >= 11 is 0. The number of carbonyl (C=O) groups excluding carboxylic acids is 1. The standard InChI is InChI=1S/C15H28N2O3/c1-12(2)6-4-5-9-16-14(20)17-10-7-15(3,8-11-17)13(18)19/h12H,4-11H2,1-3H3,(H,16,20)(H,18,19). The van der Waals surface area contributed by atoms with Gasteiger partial charge in [-0.1, -0.05) is 26.7 Å². The first-order chi connectivity index (χ1) is 9.35. The van der Waals surface area contributed by atoms with Gasteiger partial charge in [-0.3, -0.25) is 4.79 Å². The van der Waals surface area contributed by atoms with Crippen molar-refractivity contribution in [2.24, 2.45) is 11.3 Å². The molecule has 1 heterocycles. The molecule has 5 heteroatoms. The number of hydrogen-bond acceptors (Lipinski definition) is 2. The topological polar surface area (TPSA) is 69.6 Å². The van der Waals surface area contributed by atoms with E-state index >= 15 is 0 Å². The lowest BCUT2D eigenvalue weighted by Crippen LogP contribution is -2.48. The second-order valence-corrected chi connectivity index (χ2v) is 6.47. The van der Waals surface area contributed by atoms with Gasteiger partial charge < -0.3 is 15.3 Å². The summed E-state index contributed by atoms with van der Waals surface area (Å²) in [5.74, 6) is -0.0484. The first-order valence-electron chi connectivity index (χ1n) is 7.61. The number of unbranched alkanes of at least 4 members (excludes halogenated alkanes) is 1. The zero-order chi connectivity index (χ0) is 15.2. The molecule has 0 aliphatic carbocycles. The van der Waals surface area contributed by atoms with Crippen LogP contribution in [0.1, 0.15) is 52.9 Å². The van der Waals surface area contributed by atoms with Gasteiger partial charge in [-0.15, -0.1) is 0 Å². The molecule has 0 aromatic heterocycles. The van der Waals surface area contributed by atoms with Gasteiger partial charge in [0, 0.05) is 19.6 Å². The second-order valence-electron chi connectivity index (χ2n) is 6.47. The Morgan fingerprint density at radius 3 is 2.35 bits per heavy atom. The van der Waals surface area contributed by atoms with E-state index in [0.717, 1.165) is 12.8 Å². The van der Waals surface area contributed by atoms with Crippen molar-refractivity contribution in [1.29, 1.82) is 0 Å². The van der Waals surface area contributed by atoms with E-state index in [9.17, 15) is 9.59 Å². The van der Waals surface area contributed by atoms with Crippen LogP contribution >= 0.6 is 0 Å². The molecule has 116 valence electrons. The third-order valence-electron chi connectivity index (χ3n) is 4.16. The van der Waals surface area contributed by atoms with Crippen LogP contribution in [0.2, 0.25) is 0 Å². The largest absolute Gasteiger partial charge is 0.481 e. The smallest absolute Gasteiger partial charge is 0.317 e. The minimum absolute atomic E-state index is 0.0537. The van der Waals surface area contributed by atoms with Crippen LogP contribution in [0.15, 0.2) is 0 Å². The van der Waals surface area contributed by atoms with Crippen LogP contribution in [0.3, 0.4) is 0 Å². The summed E-state index contributed by atoms with van der Waals surface area (Å²) in [7, 11) is 0. The lowest BCUT2D eigenvalue weighted by molar-refractivity contribution is -0.150. The molecule has 2 amide bonds. The van der Waals surface area contributed by atoms with E-state index in [1.165, 1.54) is 6.42 Å².